The van der Waals surface area contributed by atoms with Gasteiger partial charge in [-0.3, -0.25) is 14.7 Å². The number of hydrogen-bond acceptors (Lipinski definition) is 3. The fourth-order valence-corrected chi connectivity index (χ4v) is 3.18. The highest BCUT2D eigenvalue weighted by Gasteiger charge is 2.19. The van der Waals surface area contributed by atoms with Gasteiger partial charge in [-0.25, -0.2) is 4.98 Å². The molecule has 0 aliphatic carbocycles. The van der Waals surface area contributed by atoms with Gasteiger partial charge >= 0.3 is 0 Å². The van der Waals surface area contributed by atoms with Crippen molar-refractivity contribution in [1.29, 1.82) is 0 Å². The number of benzene rings is 2. The summed E-state index contributed by atoms with van der Waals surface area (Å²) in [4.78, 5) is 23.4. The Bertz CT molecular complexity index is 1090. The highest BCUT2D eigenvalue weighted by atomic mass is 79.9. The molecule has 0 aliphatic rings. The van der Waals surface area contributed by atoms with E-state index < -0.39 is 0 Å². The molecule has 2 aromatic carbocycles. The van der Waals surface area contributed by atoms with Crippen LogP contribution in [0.3, 0.4) is 0 Å². The minimum atomic E-state index is -0.135. The molecule has 4 rings (SSSR count). The molecule has 0 spiro atoms. The Morgan fingerprint density at radius 3 is 2.60 bits per heavy atom. The van der Waals surface area contributed by atoms with Crippen molar-refractivity contribution >= 4 is 49.3 Å². The number of carbonyl (C=O) groups is 1. The Kier molecular flexibility index (Phi) is 3.93. The summed E-state index contributed by atoms with van der Waals surface area (Å²) in [5.74, 6) is 0.453. The summed E-state index contributed by atoms with van der Waals surface area (Å²) in [5.41, 5.74) is 1.27. The molecule has 1 amide bonds. The normalized spacial score (nSPS) is 11.0. The first-order valence-electron chi connectivity index (χ1n) is 7.81. The molecule has 4 aromatic rings. The van der Waals surface area contributed by atoms with Gasteiger partial charge < -0.3 is 0 Å². The molecule has 0 atom stereocenters. The Balaban J connectivity index is 1.89. The second kappa shape index (κ2) is 6.26. The van der Waals surface area contributed by atoms with Gasteiger partial charge in [0.2, 0.25) is 0 Å². The number of pyridine rings is 2. The molecule has 4 nitrogen and oxygen atoms in total. The zero-order valence-corrected chi connectivity index (χ0v) is 15.1. The number of aromatic nitrogens is 2. The summed E-state index contributed by atoms with van der Waals surface area (Å²) in [6.45, 7) is 0. The smallest absolute Gasteiger partial charge is 0.261 e. The van der Waals surface area contributed by atoms with Gasteiger partial charge in [0.25, 0.3) is 5.91 Å². The van der Waals surface area contributed by atoms with Gasteiger partial charge in [0, 0.05) is 29.3 Å². The molecule has 0 radical (unpaired) electrons. The number of hydrogen-bond donors (Lipinski definition) is 0. The van der Waals surface area contributed by atoms with E-state index in [1.54, 1.807) is 30.4 Å². The zero-order chi connectivity index (χ0) is 17.4. The van der Waals surface area contributed by atoms with E-state index in [1.807, 2.05) is 48.5 Å². The number of carbonyl (C=O) groups excluding carboxylic acids is 1. The molecule has 2 heterocycles. The van der Waals surface area contributed by atoms with Gasteiger partial charge in [-0.1, -0.05) is 30.3 Å². The predicted molar refractivity (Wildman–Crippen MR) is 104 cm³/mol. The quantitative estimate of drug-likeness (QED) is 0.460. The Morgan fingerprint density at radius 1 is 1.00 bits per heavy atom. The summed E-state index contributed by atoms with van der Waals surface area (Å²) >= 11 is 3.36. The highest BCUT2D eigenvalue weighted by molar-refractivity contribution is 9.10. The number of nitrogens with zero attached hydrogens (tertiary/aromatic N) is 3. The third-order valence-electron chi connectivity index (χ3n) is 4.20. The second-order valence-electron chi connectivity index (χ2n) is 5.74. The lowest BCUT2D eigenvalue weighted by atomic mass is 10.00. The van der Waals surface area contributed by atoms with E-state index in [0.29, 0.717) is 16.9 Å². The van der Waals surface area contributed by atoms with Crippen LogP contribution in [-0.4, -0.2) is 22.9 Å². The van der Waals surface area contributed by atoms with Crippen molar-refractivity contribution in [3.05, 3.63) is 77.0 Å². The number of halogens is 1. The van der Waals surface area contributed by atoms with E-state index in [0.717, 1.165) is 20.6 Å². The van der Waals surface area contributed by atoms with Crippen molar-refractivity contribution in [3.63, 3.8) is 0 Å². The maximum atomic E-state index is 13.1. The van der Waals surface area contributed by atoms with Crippen LogP contribution in [0.4, 0.5) is 5.82 Å². The van der Waals surface area contributed by atoms with Crippen molar-refractivity contribution in [2.45, 2.75) is 0 Å². The molecule has 2 aromatic heterocycles. The van der Waals surface area contributed by atoms with Crippen LogP contribution in [-0.2, 0) is 0 Å². The van der Waals surface area contributed by atoms with Crippen LogP contribution in [0.25, 0.3) is 21.7 Å². The third kappa shape index (κ3) is 2.76. The Morgan fingerprint density at radius 2 is 1.80 bits per heavy atom. The Labute approximate surface area is 153 Å². The molecule has 0 N–H and O–H groups in total. The van der Waals surface area contributed by atoms with Crippen LogP contribution in [0.1, 0.15) is 10.4 Å². The molecule has 0 aliphatic heterocycles. The van der Waals surface area contributed by atoms with Crippen molar-refractivity contribution in [2.75, 3.05) is 11.9 Å². The summed E-state index contributed by atoms with van der Waals surface area (Å²) < 4.78 is 0.870. The predicted octanol–water partition coefficient (Wildman–Crippen LogP) is 4.82. The van der Waals surface area contributed by atoms with Gasteiger partial charge in [0.1, 0.15) is 5.82 Å². The van der Waals surface area contributed by atoms with Gasteiger partial charge in [0.05, 0.1) is 11.1 Å². The minimum absolute atomic E-state index is 0.135. The van der Waals surface area contributed by atoms with Crippen LogP contribution in [0, 0.1) is 0 Å². The molecule has 0 unspecified atom stereocenters. The number of fused-ring (bicyclic) bond motifs is 3. The average Bonchev–Trinajstić information content (AvgIpc) is 2.67. The van der Waals surface area contributed by atoms with Crippen LogP contribution in [0.15, 0.2) is 71.5 Å². The molecule has 25 heavy (non-hydrogen) atoms. The first-order chi connectivity index (χ1) is 12.1. The summed E-state index contributed by atoms with van der Waals surface area (Å²) in [6.07, 6.45) is 3.39. The topological polar surface area (TPSA) is 46.1 Å². The zero-order valence-electron chi connectivity index (χ0n) is 13.5. The molecule has 0 saturated carbocycles. The first kappa shape index (κ1) is 15.7. The largest absolute Gasteiger partial charge is 0.296 e. The highest BCUT2D eigenvalue weighted by Crippen LogP contribution is 2.28. The van der Waals surface area contributed by atoms with E-state index in [1.165, 1.54) is 0 Å². The van der Waals surface area contributed by atoms with Gasteiger partial charge in [-0.15, -0.1) is 0 Å². The Hall–Kier alpha value is -2.79. The van der Waals surface area contributed by atoms with Crippen molar-refractivity contribution in [3.8, 4) is 0 Å². The summed E-state index contributed by atoms with van der Waals surface area (Å²) in [7, 11) is 1.72. The van der Waals surface area contributed by atoms with E-state index >= 15 is 0 Å². The maximum absolute atomic E-state index is 13.1. The van der Waals surface area contributed by atoms with Crippen LogP contribution >= 0.6 is 15.9 Å². The van der Waals surface area contributed by atoms with Gasteiger partial charge in [-0.2, -0.15) is 0 Å². The monoisotopic (exact) mass is 391 g/mol. The van der Waals surface area contributed by atoms with Crippen molar-refractivity contribution in [2.24, 2.45) is 0 Å². The second-order valence-corrected chi connectivity index (χ2v) is 6.66. The first-order valence-corrected chi connectivity index (χ1v) is 8.60. The van der Waals surface area contributed by atoms with Crippen LogP contribution < -0.4 is 4.90 Å². The molecule has 0 fully saturated rings. The lowest BCUT2D eigenvalue weighted by molar-refractivity contribution is 0.0994. The van der Waals surface area contributed by atoms with Gasteiger partial charge in [-0.05, 0) is 51.0 Å². The summed E-state index contributed by atoms with van der Waals surface area (Å²) in [6, 6.07) is 17.5. The SMILES string of the molecule is CN(C(=O)c1cc2ccccc2c2cccnc12)c1ccc(Br)cn1. The van der Waals surface area contributed by atoms with E-state index in [9.17, 15) is 4.79 Å². The molecular weight excluding hydrogens is 378 g/mol. The lowest BCUT2D eigenvalue weighted by Gasteiger charge is -2.18. The minimum Gasteiger partial charge on any atom is -0.296 e. The van der Waals surface area contributed by atoms with E-state index in [4.69, 9.17) is 0 Å². The number of amides is 1. The summed E-state index contributed by atoms with van der Waals surface area (Å²) in [5, 5.41) is 3.08. The lowest BCUT2D eigenvalue weighted by Crippen LogP contribution is -2.27. The average molecular weight is 392 g/mol. The van der Waals surface area contributed by atoms with E-state index in [-0.39, 0.29) is 5.91 Å². The molecule has 0 bridgehead atoms. The standard InChI is InChI=1S/C20H14BrN3O/c1-24(18-9-8-14(21)12-23-18)20(25)17-11-13-5-2-3-6-15(13)16-7-4-10-22-19(16)17/h2-12H,1H3. The molecule has 122 valence electrons. The number of anilines is 1. The fourth-order valence-electron chi connectivity index (χ4n) is 2.94. The van der Waals surface area contributed by atoms with Crippen molar-refractivity contribution < 1.29 is 4.79 Å². The molecule has 0 saturated heterocycles. The number of rotatable bonds is 2. The fraction of sp³-hybridized carbons (Fsp3) is 0.0500. The molecular formula is C20H14BrN3O. The van der Waals surface area contributed by atoms with Crippen LogP contribution in [0.5, 0.6) is 0 Å². The van der Waals surface area contributed by atoms with Crippen molar-refractivity contribution in [1.82, 2.24) is 9.97 Å². The van der Waals surface area contributed by atoms with Gasteiger partial charge in [0.15, 0.2) is 0 Å². The molecule has 5 heteroatoms. The van der Waals surface area contributed by atoms with Crippen LogP contribution in [0.2, 0.25) is 0 Å². The van der Waals surface area contributed by atoms with E-state index in [2.05, 4.69) is 25.9 Å². The maximum Gasteiger partial charge on any atom is 0.261 e. The third-order valence-corrected chi connectivity index (χ3v) is 4.67.